The van der Waals surface area contributed by atoms with E-state index in [0.717, 1.165) is 4.90 Å². The summed E-state index contributed by atoms with van der Waals surface area (Å²) >= 11 is 7.93. The van der Waals surface area contributed by atoms with E-state index in [2.05, 4.69) is 10.3 Å². The summed E-state index contributed by atoms with van der Waals surface area (Å²) in [7, 11) is -3.39. The van der Waals surface area contributed by atoms with E-state index in [-0.39, 0.29) is 16.6 Å². The molecule has 8 heteroatoms. The minimum atomic E-state index is -3.39. The molecule has 0 saturated carbocycles. The molecule has 1 heterocycles. The molecular formula is C29H29ClN2O3S2. The Balaban J connectivity index is 0.00000186. The minimum Gasteiger partial charge on any atom is -0.322 e. The highest BCUT2D eigenvalue weighted by atomic mass is 35.5. The van der Waals surface area contributed by atoms with E-state index in [1.54, 1.807) is 67.3 Å². The van der Waals surface area contributed by atoms with Crippen molar-refractivity contribution in [3.8, 4) is 22.4 Å². The van der Waals surface area contributed by atoms with Crippen LogP contribution >= 0.6 is 23.4 Å². The molecule has 0 radical (unpaired) electrons. The number of hydrogen-bond donors (Lipinski definition) is 1. The molecule has 0 aliphatic rings. The van der Waals surface area contributed by atoms with Crippen LogP contribution in [-0.2, 0) is 9.84 Å². The Morgan fingerprint density at radius 1 is 0.946 bits per heavy atom. The van der Waals surface area contributed by atoms with E-state index in [1.807, 2.05) is 56.5 Å². The lowest BCUT2D eigenvalue weighted by Gasteiger charge is -2.14. The van der Waals surface area contributed by atoms with Crippen molar-refractivity contribution in [3.63, 3.8) is 0 Å². The van der Waals surface area contributed by atoms with Crippen LogP contribution in [0.3, 0.4) is 0 Å². The molecule has 0 fully saturated rings. The van der Waals surface area contributed by atoms with Crippen molar-refractivity contribution < 1.29 is 13.2 Å². The number of carbonyl (C=O) groups is 1. The van der Waals surface area contributed by atoms with Gasteiger partial charge < -0.3 is 5.32 Å². The Morgan fingerprint density at radius 2 is 1.73 bits per heavy atom. The molecule has 1 aromatic heterocycles. The van der Waals surface area contributed by atoms with Gasteiger partial charge in [-0.25, -0.2) is 8.42 Å². The molecule has 0 atom stereocenters. The maximum atomic E-state index is 13.4. The van der Waals surface area contributed by atoms with Crippen molar-refractivity contribution >= 4 is 44.8 Å². The van der Waals surface area contributed by atoms with E-state index in [1.165, 1.54) is 0 Å². The molecule has 1 N–H and O–H groups in total. The van der Waals surface area contributed by atoms with Crippen LogP contribution < -0.4 is 5.32 Å². The van der Waals surface area contributed by atoms with Gasteiger partial charge >= 0.3 is 0 Å². The van der Waals surface area contributed by atoms with E-state index in [4.69, 9.17) is 11.6 Å². The van der Waals surface area contributed by atoms with Crippen molar-refractivity contribution in [2.24, 2.45) is 0 Å². The number of carbonyl (C=O) groups excluding carboxylic acids is 1. The molecule has 192 valence electrons. The Hall–Kier alpha value is -3.13. The van der Waals surface area contributed by atoms with Gasteiger partial charge in [-0.1, -0.05) is 50.6 Å². The van der Waals surface area contributed by atoms with Crippen molar-refractivity contribution in [3.05, 3.63) is 95.6 Å². The second-order valence-corrected chi connectivity index (χ2v) is 11.3. The zero-order valence-electron chi connectivity index (χ0n) is 21.2. The Bertz CT molecular complexity index is 1490. The molecule has 37 heavy (non-hydrogen) atoms. The monoisotopic (exact) mass is 552 g/mol. The highest BCUT2D eigenvalue weighted by molar-refractivity contribution is 7.98. The Labute approximate surface area is 228 Å². The first-order chi connectivity index (χ1) is 17.8. The molecule has 0 unspecified atom stereocenters. The normalized spacial score (nSPS) is 10.8. The molecule has 0 bridgehead atoms. The quantitative estimate of drug-likeness (QED) is 0.236. The average Bonchev–Trinajstić information content (AvgIpc) is 2.95. The van der Waals surface area contributed by atoms with Crippen molar-refractivity contribution in [2.75, 3.05) is 17.3 Å². The van der Waals surface area contributed by atoms with Gasteiger partial charge in [-0.05, 0) is 78.0 Å². The highest BCUT2D eigenvalue weighted by Gasteiger charge is 2.18. The smallest absolute Gasteiger partial charge is 0.256 e. The third-order valence-electron chi connectivity index (χ3n) is 5.52. The summed E-state index contributed by atoms with van der Waals surface area (Å²) < 4.78 is 24.9. The molecule has 1 amide bonds. The number of anilines is 1. The minimum absolute atomic E-state index is 0.00379. The number of thioether (sulfide) groups is 1. The largest absolute Gasteiger partial charge is 0.322 e. The zero-order valence-corrected chi connectivity index (χ0v) is 23.5. The third kappa shape index (κ3) is 6.80. The number of nitrogens with one attached hydrogen (secondary N) is 1. The highest BCUT2D eigenvalue weighted by Crippen LogP contribution is 2.32. The molecule has 0 aliphatic heterocycles. The molecule has 3 aromatic carbocycles. The lowest BCUT2D eigenvalue weighted by Crippen LogP contribution is -2.13. The summed E-state index contributed by atoms with van der Waals surface area (Å²) in [4.78, 5) is 18.9. The average molecular weight is 553 g/mol. The van der Waals surface area contributed by atoms with Crippen LogP contribution in [0.2, 0.25) is 5.02 Å². The number of benzene rings is 3. The number of nitrogens with zero attached hydrogens (tertiary/aromatic N) is 1. The number of pyridine rings is 1. The number of aromatic nitrogens is 1. The van der Waals surface area contributed by atoms with E-state index < -0.39 is 9.84 Å². The second-order valence-electron chi connectivity index (χ2n) is 7.71. The summed E-state index contributed by atoms with van der Waals surface area (Å²) in [6, 6.07) is 23.0. The second kappa shape index (κ2) is 12.9. The first kappa shape index (κ1) is 28.4. The number of hydrogen-bond acceptors (Lipinski definition) is 5. The van der Waals surface area contributed by atoms with Crippen LogP contribution in [0.1, 0.15) is 31.1 Å². The van der Waals surface area contributed by atoms with Gasteiger partial charge in [0.1, 0.15) is 0 Å². The van der Waals surface area contributed by atoms with Crippen molar-refractivity contribution in [1.82, 2.24) is 4.98 Å². The zero-order chi connectivity index (χ0) is 27.0. The van der Waals surface area contributed by atoms with Gasteiger partial charge in [0, 0.05) is 27.9 Å². The summed E-state index contributed by atoms with van der Waals surface area (Å²) in [5.41, 5.74) is 3.73. The number of rotatable bonds is 7. The lowest BCUT2D eigenvalue weighted by molar-refractivity contribution is 0.102. The van der Waals surface area contributed by atoms with Gasteiger partial charge in [-0.15, -0.1) is 11.8 Å². The summed E-state index contributed by atoms with van der Waals surface area (Å²) in [6.07, 6.45) is 3.63. The fourth-order valence-electron chi connectivity index (χ4n) is 3.63. The Morgan fingerprint density at radius 3 is 2.41 bits per heavy atom. The number of halogens is 1. The molecule has 0 spiro atoms. The molecule has 4 aromatic rings. The van der Waals surface area contributed by atoms with Crippen molar-refractivity contribution in [2.45, 2.75) is 30.6 Å². The van der Waals surface area contributed by atoms with Crippen LogP contribution in [0.15, 0.2) is 94.9 Å². The summed E-state index contributed by atoms with van der Waals surface area (Å²) in [6.45, 7) is 5.61. The summed E-state index contributed by atoms with van der Waals surface area (Å²) in [5, 5.41) is 3.48. The van der Waals surface area contributed by atoms with Gasteiger partial charge in [0.25, 0.3) is 5.91 Å². The predicted molar refractivity (Wildman–Crippen MR) is 155 cm³/mol. The first-order valence-electron chi connectivity index (χ1n) is 11.9. The van der Waals surface area contributed by atoms with Crippen LogP contribution in [0, 0.1) is 0 Å². The standard InChI is InChI=1S/C27H23ClN2O3S2.C2H6/c1-3-35(32,33)21-8-6-7-18(15-21)23-17-20(34-2)11-12-22(23)27(31)30-19-10-13-25(28)24(16-19)26-9-4-5-14-29-26;1-2/h4-17H,3H2,1-2H3,(H,30,31);1-2H3. The van der Waals surface area contributed by atoms with Gasteiger partial charge in [0.15, 0.2) is 9.84 Å². The third-order valence-corrected chi connectivity index (χ3v) is 8.31. The van der Waals surface area contributed by atoms with E-state index in [0.29, 0.717) is 38.7 Å². The fraction of sp³-hybridized carbons (Fsp3) is 0.172. The van der Waals surface area contributed by atoms with Crippen LogP contribution in [-0.4, -0.2) is 31.3 Å². The van der Waals surface area contributed by atoms with Gasteiger partial charge in [0.2, 0.25) is 0 Å². The topological polar surface area (TPSA) is 76.1 Å². The van der Waals surface area contributed by atoms with Gasteiger partial charge in [-0.3, -0.25) is 9.78 Å². The van der Waals surface area contributed by atoms with Gasteiger partial charge in [-0.2, -0.15) is 0 Å². The van der Waals surface area contributed by atoms with Crippen LogP contribution in [0.4, 0.5) is 5.69 Å². The first-order valence-corrected chi connectivity index (χ1v) is 15.1. The Kier molecular flexibility index (Phi) is 9.92. The number of amides is 1. The SMILES string of the molecule is CC.CCS(=O)(=O)c1cccc(-c2cc(SC)ccc2C(=O)Nc2ccc(Cl)c(-c3ccccn3)c2)c1. The van der Waals surface area contributed by atoms with Crippen LogP contribution in [0.25, 0.3) is 22.4 Å². The molecular weight excluding hydrogens is 524 g/mol. The molecule has 0 aliphatic carbocycles. The maximum Gasteiger partial charge on any atom is 0.256 e. The molecule has 5 nitrogen and oxygen atoms in total. The fourth-order valence-corrected chi connectivity index (χ4v) is 5.21. The van der Waals surface area contributed by atoms with Gasteiger partial charge in [0.05, 0.1) is 21.4 Å². The molecule has 0 saturated heterocycles. The van der Waals surface area contributed by atoms with Crippen molar-refractivity contribution in [1.29, 1.82) is 0 Å². The van der Waals surface area contributed by atoms with Crippen LogP contribution in [0.5, 0.6) is 0 Å². The molecule has 4 rings (SSSR count). The number of sulfone groups is 1. The maximum absolute atomic E-state index is 13.4. The van der Waals surface area contributed by atoms with E-state index in [9.17, 15) is 13.2 Å². The lowest BCUT2D eigenvalue weighted by atomic mass is 9.99. The van der Waals surface area contributed by atoms with E-state index >= 15 is 0 Å². The predicted octanol–water partition coefficient (Wildman–Crippen LogP) is 7.86. The summed E-state index contributed by atoms with van der Waals surface area (Å²) in [5.74, 6) is -0.310.